The average molecular weight is 248 g/mol. The molecular weight excluding hydrogens is 232 g/mol. The zero-order valence-corrected chi connectivity index (χ0v) is 10.7. The van der Waals surface area contributed by atoms with Gasteiger partial charge in [0.15, 0.2) is 0 Å². The van der Waals surface area contributed by atoms with Crippen LogP contribution < -0.4 is 5.73 Å². The second kappa shape index (κ2) is 5.84. The van der Waals surface area contributed by atoms with E-state index in [1.807, 2.05) is 18.3 Å². The number of nitrogens with zero attached hydrogens (tertiary/aromatic N) is 3. The fourth-order valence-electron chi connectivity index (χ4n) is 1.77. The van der Waals surface area contributed by atoms with Gasteiger partial charge in [-0.2, -0.15) is 0 Å². The van der Waals surface area contributed by atoms with Crippen molar-refractivity contribution in [1.82, 2.24) is 14.6 Å². The molecule has 2 aromatic heterocycles. The number of rotatable bonds is 5. The lowest BCUT2D eigenvalue weighted by Crippen LogP contribution is -2.14. The van der Waals surface area contributed by atoms with E-state index in [-0.39, 0.29) is 6.04 Å². The van der Waals surface area contributed by atoms with Gasteiger partial charge >= 0.3 is 0 Å². The van der Waals surface area contributed by atoms with Gasteiger partial charge in [0.05, 0.1) is 10.6 Å². The third-order valence-corrected chi connectivity index (χ3v) is 3.49. The van der Waals surface area contributed by atoms with E-state index >= 15 is 0 Å². The topological polar surface area (TPSA) is 64.7 Å². The molecule has 5 heteroatoms. The molecule has 0 spiro atoms. The van der Waals surface area contributed by atoms with Crippen molar-refractivity contribution in [3.8, 4) is 0 Å². The third-order valence-electron chi connectivity index (χ3n) is 2.59. The van der Waals surface area contributed by atoms with Crippen LogP contribution in [0.15, 0.2) is 24.5 Å². The van der Waals surface area contributed by atoms with E-state index in [0.29, 0.717) is 0 Å². The van der Waals surface area contributed by atoms with Gasteiger partial charge in [0, 0.05) is 18.4 Å². The Morgan fingerprint density at radius 3 is 3.06 bits per heavy atom. The maximum absolute atomic E-state index is 6.21. The van der Waals surface area contributed by atoms with Gasteiger partial charge < -0.3 is 5.73 Å². The minimum atomic E-state index is -0.0271. The molecule has 0 aliphatic rings. The van der Waals surface area contributed by atoms with Crippen molar-refractivity contribution >= 4 is 11.5 Å². The first kappa shape index (κ1) is 12.1. The number of pyridine rings is 1. The summed E-state index contributed by atoms with van der Waals surface area (Å²) in [5, 5.41) is 4.14. The largest absolute Gasteiger partial charge is 0.323 e. The molecule has 1 unspecified atom stereocenters. The summed E-state index contributed by atoms with van der Waals surface area (Å²) < 4.78 is 4.00. The molecular formula is C12H16N4S. The Bertz CT molecular complexity index is 455. The Morgan fingerprint density at radius 2 is 2.35 bits per heavy atom. The number of hydrogen-bond acceptors (Lipinski definition) is 5. The number of nitrogens with two attached hydrogens (primary N) is 1. The predicted octanol–water partition coefficient (Wildman–Crippen LogP) is 2.13. The van der Waals surface area contributed by atoms with Crippen LogP contribution in [-0.4, -0.2) is 14.6 Å². The summed E-state index contributed by atoms with van der Waals surface area (Å²) in [6, 6.07) is 3.95. The lowest BCUT2D eigenvalue weighted by atomic mass is 10.0. The Morgan fingerprint density at radius 1 is 1.47 bits per heavy atom. The first-order valence-corrected chi connectivity index (χ1v) is 6.54. The second-order valence-electron chi connectivity index (χ2n) is 4.01. The van der Waals surface area contributed by atoms with E-state index in [9.17, 15) is 0 Å². The van der Waals surface area contributed by atoms with E-state index in [2.05, 4.69) is 21.5 Å². The summed E-state index contributed by atoms with van der Waals surface area (Å²) in [5.41, 5.74) is 8.40. The Kier molecular flexibility index (Phi) is 4.17. The molecule has 0 fully saturated rings. The Labute approximate surface area is 105 Å². The average Bonchev–Trinajstić information content (AvgIpc) is 2.79. The highest BCUT2D eigenvalue weighted by atomic mass is 32.1. The monoisotopic (exact) mass is 248 g/mol. The molecule has 0 aromatic carbocycles. The quantitative estimate of drug-likeness (QED) is 0.880. The number of hydrogen-bond donors (Lipinski definition) is 1. The Balaban J connectivity index is 2.09. The van der Waals surface area contributed by atoms with Crippen molar-refractivity contribution in [2.24, 2.45) is 5.73 Å². The zero-order valence-electron chi connectivity index (χ0n) is 9.84. The van der Waals surface area contributed by atoms with Crippen LogP contribution in [0.4, 0.5) is 0 Å². The van der Waals surface area contributed by atoms with Crippen LogP contribution in [0.2, 0.25) is 0 Å². The van der Waals surface area contributed by atoms with Crippen molar-refractivity contribution < 1.29 is 0 Å². The number of aromatic nitrogens is 3. The van der Waals surface area contributed by atoms with Crippen LogP contribution >= 0.6 is 11.5 Å². The SMILES string of the molecule is CCCc1nnsc1C(N)Cc1cccnc1. The molecule has 0 saturated carbocycles. The highest BCUT2D eigenvalue weighted by molar-refractivity contribution is 7.05. The lowest BCUT2D eigenvalue weighted by Gasteiger charge is -2.10. The van der Waals surface area contributed by atoms with E-state index < -0.39 is 0 Å². The minimum absolute atomic E-state index is 0.0271. The zero-order chi connectivity index (χ0) is 12.1. The fourth-order valence-corrected chi connectivity index (χ4v) is 2.47. The van der Waals surface area contributed by atoms with Crippen molar-refractivity contribution in [3.05, 3.63) is 40.7 Å². The third kappa shape index (κ3) is 3.08. The fraction of sp³-hybridized carbons (Fsp3) is 0.417. The van der Waals surface area contributed by atoms with Crippen molar-refractivity contribution in [2.75, 3.05) is 0 Å². The molecule has 0 aliphatic carbocycles. The van der Waals surface area contributed by atoms with Gasteiger partial charge in [0.2, 0.25) is 0 Å². The summed E-state index contributed by atoms with van der Waals surface area (Å²) in [5.74, 6) is 0. The maximum Gasteiger partial charge on any atom is 0.0803 e. The van der Waals surface area contributed by atoms with Gasteiger partial charge in [0.1, 0.15) is 0 Å². The van der Waals surface area contributed by atoms with Gasteiger partial charge in [-0.05, 0) is 36.0 Å². The summed E-state index contributed by atoms with van der Waals surface area (Å²) in [6.07, 6.45) is 6.43. The molecule has 0 aliphatic heterocycles. The Hall–Kier alpha value is -1.33. The molecule has 0 amide bonds. The van der Waals surface area contributed by atoms with Gasteiger partial charge in [-0.1, -0.05) is 23.9 Å². The molecule has 0 radical (unpaired) electrons. The lowest BCUT2D eigenvalue weighted by molar-refractivity contribution is 0.713. The van der Waals surface area contributed by atoms with Crippen LogP contribution in [0.1, 0.15) is 35.5 Å². The van der Waals surface area contributed by atoms with Gasteiger partial charge in [-0.25, -0.2) is 0 Å². The van der Waals surface area contributed by atoms with Gasteiger partial charge in [0.25, 0.3) is 0 Å². The van der Waals surface area contributed by atoms with Crippen molar-refractivity contribution in [3.63, 3.8) is 0 Å². The van der Waals surface area contributed by atoms with Crippen LogP contribution in [0.25, 0.3) is 0 Å². The number of aryl methyl sites for hydroxylation is 1. The summed E-state index contributed by atoms with van der Waals surface area (Å²) in [7, 11) is 0. The van der Waals surface area contributed by atoms with E-state index in [1.54, 1.807) is 6.20 Å². The predicted molar refractivity (Wildman–Crippen MR) is 68.8 cm³/mol. The molecule has 2 N–H and O–H groups in total. The first-order chi connectivity index (χ1) is 8.31. The molecule has 4 nitrogen and oxygen atoms in total. The van der Waals surface area contributed by atoms with Gasteiger partial charge in [-0.15, -0.1) is 5.10 Å². The molecule has 0 saturated heterocycles. The minimum Gasteiger partial charge on any atom is -0.323 e. The summed E-state index contributed by atoms with van der Waals surface area (Å²) in [4.78, 5) is 5.20. The second-order valence-corrected chi connectivity index (χ2v) is 4.79. The van der Waals surface area contributed by atoms with Crippen molar-refractivity contribution in [2.45, 2.75) is 32.2 Å². The molecule has 2 rings (SSSR count). The maximum atomic E-state index is 6.21. The molecule has 1 atom stereocenters. The molecule has 0 bridgehead atoms. The molecule has 2 aromatic rings. The van der Waals surface area contributed by atoms with Crippen LogP contribution in [0, 0.1) is 0 Å². The normalized spacial score (nSPS) is 12.6. The molecule has 2 heterocycles. The smallest absolute Gasteiger partial charge is 0.0803 e. The van der Waals surface area contributed by atoms with Crippen molar-refractivity contribution in [1.29, 1.82) is 0 Å². The first-order valence-electron chi connectivity index (χ1n) is 5.77. The van der Waals surface area contributed by atoms with E-state index in [0.717, 1.165) is 35.4 Å². The molecule has 17 heavy (non-hydrogen) atoms. The summed E-state index contributed by atoms with van der Waals surface area (Å²) in [6.45, 7) is 2.13. The van der Waals surface area contributed by atoms with Crippen LogP contribution in [-0.2, 0) is 12.8 Å². The van der Waals surface area contributed by atoms with E-state index in [4.69, 9.17) is 5.73 Å². The standard InChI is InChI=1S/C12H16N4S/c1-2-4-11-12(17-16-15-11)10(13)7-9-5-3-6-14-8-9/h3,5-6,8,10H,2,4,7,13H2,1H3. The molecule has 90 valence electrons. The van der Waals surface area contributed by atoms with E-state index in [1.165, 1.54) is 11.5 Å². The van der Waals surface area contributed by atoms with Crippen LogP contribution in [0.3, 0.4) is 0 Å². The highest BCUT2D eigenvalue weighted by Crippen LogP contribution is 2.22. The summed E-state index contributed by atoms with van der Waals surface area (Å²) >= 11 is 1.41. The highest BCUT2D eigenvalue weighted by Gasteiger charge is 2.15. The van der Waals surface area contributed by atoms with Gasteiger partial charge in [-0.3, -0.25) is 4.98 Å². The van der Waals surface area contributed by atoms with Crippen LogP contribution in [0.5, 0.6) is 0 Å².